The molecule has 3 rings (SSSR count). The van der Waals surface area contributed by atoms with Gasteiger partial charge in [-0.3, -0.25) is 9.59 Å². The molecule has 0 aliphatic carbocycles. The summed E-state index contributed by atoms with van der Waals surface area (Å²) in [5, 5.41) is 3.34. The summed E-state index contributed by atoms with van der Waals surface area (Å²) in [6, 6.07) is 4.46. The molecule has 3 atom stereocenters. The van der Waals surface area contributed by atoms with E-state index in [1.807, 2.05) is 15.5 Å². The number of carbonyl (C=O) groups excluding carboxylic acids is 2. The zero-order chi connectivity index (χ0) is 19.6. The minimum atomic E-state index is -0.897. The molecule has 1 fully saturated rings. The van der Waals surface area contributed by atoms with Gasteiger partial charge in [-0.1, -0.05) is 6.07 Å². The van der Waals surface area contributed by atoms with Crippen molar-refractivity contribution >= 4 is 29.3 Å². The van der Waals surface area contributed by atoms with Crippen molar-refractivity contribution in [3.8, 4) is 0 Å². The third kappa shape index (κ3) is 4.13. The van der Waals surface area contributed by atoms with E-state index in [1.165, 1.54) is 14.2 Å². The van der Waals surface area contributed by atoms with Gasteiger partial charge in [-0.25, -0.2) is 4.79 Å². The van der Waals surface area contributed by atoms with Gasteiger partial charge < -0.3 is 24.3 Å². The lowest BCUT2D eigenvalue weighted by Crippen LogP contribution is -2.55. The second-order valence-electron chi connectivity index (χ2n) is 6.91. The van der Waals surface area contributed by atoms with Crippen molar-refractivity contribution in [2.45, 2.75) is 31.3 Å². The quantitative estimate of drug-likeness (QED) is 0.575. The molecule has 0 saturated carbocycles. The van der Waals surface area contributed by atoms with Gasteiger partial charge in [0.2, 0.25) is 0 Å². The molecule has 2 aliphatic heterocycles. The Balaban J connectivity index is 1.72. The SMILES string of the molecule is COC(=O)C[C@H](NC(=S)N1C[C@@H]2C[C@H](C1)c1cccc(=O)n1C2)C(=O)OC. The van der Waals surface area contributed by atoms with Crippen molar-refractivity contribution in [2.75, 3.05) is 27.3 Å². The Morgan fingerprint density at radius 1 is 1.26 bits per heavy atom. The van der Waals surface area contributed by atoms with Gasteiger partial charge in [-0.2, -0.15) is 0 Å². The molecule has 0 spiro atoms. The van der Waals surface area contributed by atoms with E-state index in [4.69, 9.17) is 17.0 Å². The second-order valence-corrected chi connectivity index (χ2v) is 7.30. The van der Waals surface area contributed by atoms with Gasteiger partial charge in [0, 0.05) is 37.3 Å². The first-order chi connectivity index (χ1) is 12.9. The fourth-order valence-electron chi connectivity index (χ4n) is 3.89. The summed E-state index contributed by atoms with van der Waals surface area (Å²) in [4.78, 5) is 37.7. The van der Waals surface area contributed by atoms with E-state index in [0.29, 0.717) is 30.7 Å². The summed E-state index contributed by atoms with van der Waals surface area (Å²) in [5.74, 6) is -0.599. The van der Waals surface area contributed by atoms with Gasteiger partial charge in [0.15, 0.2) is 5.11 Å². The zero-order valence-electron chi connectivity index (χ0n) is 15.3. The van der Waals surface area contributed by atoms with Crippen LogP contribution in [0.1, 0.15) is 24.5 Å². The highest BCUT2D eigenvalue weighted by Crippen LogP contribution is 2.34. The van der Waals surface area contributed by atoms with Crippen LogP contribution >= 0.6 is 12.2 Å². The molecule has 0 unspecified atom stereocenters. The van der Waals surface area contributed by atoms with E-state index in [0.717, 1.165) is 12.1 Å². The third-order valence-corrected chi connectivity index (χ3v) is 5.52. The number of thiocarbonyl (C=S) groups is 1. The Bertz CT molecular complexity index is 808. The largest absolute Gasteiger partial charge is 0.469 e. The van der Waals surface area contributed by atoms with Crippen LogP contribution in [0.15, 0.2) is 23.0 Å². The number of pyridine rings is 1. The van der Waals surface area contributed by atoms with Gasteiger partial charge >= 0.3 is 11.9 Å². The normalized spacial score (nSPS) is 21.6. The third-order valence-electron chi connectivity index (χ3n) is 5.15. The molecule has 1 aromatic heterocycles. The molecule has 27 heavy (non-hydrogen) atoms. The van der Waals surface area contributed by atoms with Crippen molar-refractivity contribution in [3.63, 3.8) is 0 Å². The van der Waals surface area contributed by atoms with Crippen LogP contribution in [0.2, 0.25) is 0 Å². The zero-order valence-corrected chi connectivity index (χ0v) is 16.2. The molecule has 3 heterocycles. The monoisotopic (exact) mass is 393 g/mol. The van der Waals surface area contributed by atoms with Crippen LogP contribution in [-0.2, 0) is 25.6 Å². The molecule has 8 nitrogen and oxygen atoms in total. The molecule has 9 heteroatoms. The van der Waals surface area contributed by atoms with Gasteiger partial charge in [-0.05, 0) is 30.6 Å². The van der Waals surface area contributed by atoms with Gasteiger partial charge in [0.25, 0.3) is 5.56 Å². The first-order valence-electron chi connectivity index (χ1n) is 8.82. The topological polar surface area (TPSA) is 89.9 Å². The first-order valence-corrected chi connectivity index (χ1v) is 9.23. The lowest BCUT2D eigenvalue weighted by Gasteiger charge is -2.44. The lowest BCUT2D eigenvalue weighted by atomic mass is 9.83. The average molecular weight is 393 g/mol. The van der Waals surface area contributed by atoms with Crippen molar-refractivity contribution < 1.29 is 19.1 Å². The number of rotatable bonds is 4. The Morgan fingerprint density at radius 2 is 2.04 bits per heavy atom. The fourth-order valence-corrected chi connectivity index (χ4v) is 4.18. The predicted molar refractivity (Wildman–Crippen MR) is 101 cm³/mol. The summed E-state index contributed by atoms with van der Waals surface area (Å²) in [6.07, 6.45) is 0.841. The van der Waals surface area contributed by atoms with Crippen LogP contribution in [0.5, 0.6) is 0 Å². The predicted octanol–water partition coefficient (Wildman–Crippen LogP) is 0.247. The maximum absolute atomic E-state index is 12.1. The number of carbonyl (C=O) groups is 2. The number of esters is 2. The molecule has 1 aromatic rings. The molecule has 0 amide bonds. The van der Waals surface area contributed by atoms with Crippen LogP contribution in [-0.4, -0.2) is 59.9 Å². The Kier molecular flexibility index (Phi) is 5.79. The molecule has 146 valence electrons. The summed E-state index contributed by atoms with van der Waals surface area (Å²) < 4.78 is 11.2. The summed E-state index contributed by atoms with van der Waals surface area (Å²) in [6.45, 7) is 2.00. The average Bonchev–Trinajstić information content (AvgIpc) is 2.67. The van der Waals surface area contributed by atoms with Crippen molar-refractivity contribution in [2.24, 2.45) is 5.92 Å². The standard InChI is InChI=1S/C18H23N3O5S/c1-25-16(23)7-13(17(24)26-2)19-18(27)20-8-11-6-12(10-20)14-4-3-5-15(22)21(14)9-11/h3-5,11-13H,6-10H2,1-2H3,(H,19,27)/t11-,12+,13-/m0/s1. The number of likely N-dealkylation sites (tertiary alicyclic amines) is 1. The number of nitrogens with zero attached hydrogens (tertiary/aromatic N) is 2. The maximum Gasteiger partial charge on any atom is 0.328 e. The summed E-state index contributed by atoms with van der Waals surface area (Å²) in [7, 11) is 2.53. The molecule has 1 N–H and O–H groups in total. The van der Waals surface area contributed by atoms with Gasteiger partial charge in [0.1, 0.15) is 6.04 Å². The van der Waals surface area contributed by atoms with Gasteiger partial charge in [0.05, 0.1) is 20.6 Å². The number of ether oxygens (including phenoxy) is 2. The number of aromatic nitrogens is 1. The Labute approximate surface area is 162 Å². The van der Waals surface area contributed by atoms with Crippen LogP contribution in [0, 0.1) is 5.92 Å². The highest BCUT2D eigenvalue weighted by molar-refractivity contribution is 7.80. The van der Waals surface area contributed by atoms with Gasteiger partial charge in [-0.15, -0.1) is 0 Å². The number of piperidine rings is 1. The molecule has 2 aliphatic rings. The Hall–Kier alpha value is -2.42. The molecule has 2 bridgehead atoms. The van der Waals surface area contributed by atoms with E-state index in [-0.39, 0.29) is 17.9 Å². The van der Waals surface area contributed by atoms with E-state index >= 15 is 0 Å². The smallest absolute Gasteiger partial charge is 0.328 e. The highest BCUT2D eigenvalue weighted by Gasteiger charge is 2.36. The minimum Gasteiger partial charge on any atom is -0.469 e. The van der Waals surface area contributed by atoms with Crippen LogP contribution < -0.4 is 10.9 Å². The summed E-state index contributed by atoms with van der Waals surface area (Å²) >= 11 is 5.50. The molecular weight excluding hydrogens is 370 g/mol. The van der Waals surface area contributed by atoms with E-state index < -0.39 is 18.0 Å². The minimum absolute atomic E-state index is 0.0279. The van der Waals surface area contributed by atoms with Crippen LogP contribution in [0.25, 0.3) is 0 Å². The van der Waals surface area contributed by atoms with E-state index in [2.05, 4.69) is 10.1 Å². The molecule has 0 radical (unpaired) electrons. The fraction of sp³-hybridized carbons (Fsp3) is 0.556. The molecular formula is C18H23N3O5S. The molecule has 0 aromatic carbocycles. The van der Waals surface area contributed by atoms with Crippen LogP contribution in [0.3, 0.4) is 0 Å². The van der Waals surface area contributed by atoms with Crippen molar-refractivity contribution in [1.29, 1.82) is 0 Å². The summed E-state index contributed by atoms with van der Waals surface area (Å²) in [5.41, 5.74) is 1.05. The van der Waals surface area contributed by atoms with E-state index in [1.54, 1.807) is 12.1 Å². The second kappa shape index (κ2) is 8.08. The molecule has 1 saturated heterocycles. The number of hydrogen-bond donors (Lipinski definition) is 1. The maximum atomic E-state index is 12.1. The Morgan fingerprint density at radius 3 is 2.74 bits per heavy atom. The van der Waals surface area contributed by atoms with Crippen molar-refractivity contribution in [3.05, 3.63) is 34.2 Å². The lowest BCUT2D eigenvalue weighted by molar-refractivity contribution is -0.149. The number of methoxy groups -OCH3 is 2. The number of hydrogen-bond acceptors (Lipinski definition) is 6. The van der Waals surface area contributed by atoms with Crippen LogP contribution in [0.4, 0.5) is 0 Å². The first kappa shape index (κ1) is 19.3. The van der Waals surface area contributed by atoms with Crippen molar-refractivity contribution in [1.82, 2.24) is 14.8 Å². The number of nitrogens with one attached hydrogen (secondary N) is 1. The van der Waals surface area contributed by atoms with E-state index in [9.17, 15) is 14.4 Å². The highest BCUT2D eigenvalue weighted by atomic mass is 32.1. The number of fused-ring (bicyclic) bond motifs is 4.